The lowest BCUT2D eigenvalue weighted by Crippen LogP contribution is -2.00. The van der Waals surface area contributed by atoms with Gasteiger partial charge in [-0.15, -0.1) is 11.6 Å². The van der Waals surface area contributed by atoms with E-state index in [0.717, 1.165) is 5.56 Å². The average molecular weight is 349 g/mol. The summed E-state index contributed by atoms with van der Waals surface area (Å²) in [6.45, 7) is 0. The highest BCUT2D eigenvalue weighted by atomic mass is 79.9. The molecular formula is C13H9BrCl2FN. The molecule has 1 nitrogen and oxygen atoms in total. The molecule has 0 amide bonds. The van der Waals surface area contributed by atoms with Gasteiger partial charge >= 0.3 is 0 Å². The Hall–Kier alpha value is -0.640. The number of nitrogens with zero attached hydrogens (tertiary/aromatic N) is 1. The lowest BCUT2D eigenvalue weighted by Gasteiger charge is -2.12. The number of hydrogen-bond acceptors (Lipinski definition) is 1. The molecule has 2 aromatic rings. The molecule has 0 aliphatic rings. The molecule has 1 heterocycles. The fourth-order valence-electron chi connectivity index (χ4n) is 1.63. The van der Waals surface area contributed by atoms with Crippen molar-refractivity contribution < 1.29 is 4.39 Å². The molecule has 94 valence electrons. The maximum atomic E-state index is 13.9. The summed E-state index contributed by atoms with van der Waals surface area (Å²) in [7, 11) is 0. The molecule has 0 saturated heterocycles. The van der Waals surface area contributed by atoms with Gasteiger partial charge in [0, 0.05) is 18.0 Å². The summed E-state index contributed by atoms with van der Waals surface area (Å²) in [6.07, 6.45) is 3.65. The van der Waals surface area contributed by atoms with E-state index in [0.29, 0.717) is 21.5 Å². The molecule has 0 saturated carbocycles. The van der Waals surface area contributed by atoms with Crippen LogP contribution in [0.2, 0.25) is 5.02 Å². The lowest BCUT2D eigenvalue weighted by atomic mass is 10.0. The number of rotatable bonds is 3. The minimum Gasteiger partial charge on any atom is -0.263 e. The van der Waals surface area contributed by atoms with Gasteiger partial charge < -0.3 is 0 Å². The summed E-state index contributed by atoms with van der Waals surface area (Å²) in [6, 6.07) is 6.86. The van der Waals surface area contributed by atoms with Gasteiger partial charge in [0.15, 0.2) is 0 Å². The summed E-state index contributed by atoms with van der Waals surface area (Å²) in [4.78, 5) is 3.90. The molecule has 0 N–H and O–H groups in total. The van der Waals surface area contributed by atoms with Crippen molar-refractivity contribution in [3.8, 4) is 0 Å². The zero-order valence-electron chi connectivity index (χ0n) is 9.21. The van der Waals surface area contributed by atoms with Crippen LogP contribution in [0.25, 0.3) is 0 Å². The quantitative estimate of drug-likeness (QED) is 0.698. The summed E-state index contributed by atoms with van der Waals surface area (Å²) in [5, 5.41) is 0.0703. The smallest absolute Gasteiger partial charge is 0.142 e. The predicted octanol–water partition coefficient (Wildman–Crippen LogP) is 5.16. The number of alkyl halides is 1. The van der Waals surface area contributed by atoms with Gasteiger partial charge in [-0.1, -0.05) is 23.7 Å². The summed E-state index contributed by atoms with van der Waals surface area (Å²) < 4.78 is 14.3. The third-order valence-electron chi connectivity index (χ3n) is 2.57. The van der Waals surface area contributed by atoms with Gasteiger partial charge in [0.25, 0.3) is 0 Å². The van der Waals surface area contributed by atoms with Gasteiger partial charge in [-0.05, 0) is 40.0 Å². The van der Waals surface area contributed by atoms with Crippen molar-refractivity contribution in [1.29, 1.82) is 0 Å². The first-order valence-electron chi connectivity index (χ1n) is 5.26. The number of hydrogen-bond donors (Lipinski definition) is 0. The topological polar surface area (TPSA) is 12.9 Å². The summed E-state index contributed by atoms with van der Waals surface area (Å²) in [5.74, 6) is -0.331. The standard InChI is InChI=1S/C13H9BrCl2FN/c14-10-3-1-2-9(13(10)17)11(15)6-8-4-5-18-7-12(8)16/h1-5,7,11H,6H2. The Kier molecular flexibility index (Phi) is 4.60. The van der Waals surface area contributed by atoms with Crippen molar-refractivity contribution in [2.45, 2.75) is 11.8 Å². The van der Waals surface area contributed by atoms with Gasteiger partial charge in [0.1, 0.15) is 5.82 Å². The monoisotopic (exact) mass is 347 g/mol. The van der Waals surface area contributed by atoms with Crippen LogP contribution in [-0.4, -0.2) is 4.98 Å². The predicted molar refractivity (Wildman–Crippen MR) is 75.6 cm³/mol. The van der Waals surface area contributed by atoms with E-state index >= 15 is 0 Å². The van der Waals surface area contributed by atoms with Crippen LogP contribution in [-0.2, 0) is 6.42 Å². The zero-order valence-corrected chi connectivity index (χ0v) is 12.3. The molecule has 0 aliphatic heterocycles. The maximum absolute atomic E-state index is 13.9. The summed E-state index contributed by atoms with van der Waals surface area (Å²) in [5.41, 5.74) is 1.31. The first-order valence-corrected chi connectivity index (χ1v) is 6.86. The number of benzene rings is 1. The van der Waals surface area contributed by atoms with Crippen molar-refractivity contribution >= 4 is 39.1 Å². The fourth-order valence-corrected chi connectivity index (χ4v) is 2.55. The van der Waals surface area contributed by atoms with E-state index in [1.54, 1.807) is 36.7 Å². The van der Waals surface area contributed by atoms with Gasteiger partial charge in [0.05, 0.1) is 14.9 Å². The second-order valence-electron chi connectivity index (χ2n) is 3.78. The normalized spacial score (nSPS) is 12.4. The van der Waals surface area contributed by atoms with E-state index in [9.17, 15) is 4.39 Å². The number of pyridine rings is 1. The molecule has 1 aromatic carbocycles. The van der Waals surface area contributed by atoms with Crippen LogP contribution >= 0.6 is 39.1 Å². The molecule has 0 radical (unpaired) electrons. The van der Waals surface area contributed by atoms with Crippen molar-refractivity contribution in [2.24, 2.45) is 0 Å². The van der Waals surface area contributed by atoms with Crippen molar-refractivity contribution in [3.63, 3.8) is 0 Å². The summed E-state index contributed by atoms with van der Waals surface area (Å²) >= 11 is 15.4. The van der Waals surface area contributed by atoms with E-state index in [-0.39, 0.29) is 5.82 Å². The maximum Gasteiger partial charge on any atom is 0.142 e. The molecule has 0 fully saturated rings. The Morgan fingerprint density at radius 3 is 2.83 bits per heavy atom. The van der Waals surface area contributed by atoms with E-state index in [4.69, 9.17) is 23.2 Å². The molecule has 5 heteroatoms. The second-order valence-corrected chi connectivity index (χ2v) is 5.57. The van der Waals surface area contributed by atoms with Gasteiger partial charge in [-0.3, -0.25) is 4.98 Å². The third-order valence-corrected chi connectivity index (χ3v) is 3.92. The Bertz CT molecular complexity index is 562. The van der Waals surface area contributed by atoms with Gasteiger partial charge in [-0.2, -0.15) is 0 Å². The van der Waals surface area contributed by atoms with Gasteiger partial charge in [-0.25, -0.2) is 4.39 Å². The van der Waals surface area contributed by atoms with Crippen molar-refractivity contribution in [1.82, 2.24) is 4.98 Å². The lowest BCUT2D eigenvalue weighted by molar-refractivity contribution is 0.599. The molecule has 0 aliphatic carbocycles. The second kappa shape index (κ2) is 6.00. The molecule has 1 atom stereocenters. The molecule has 18 heavy (non-hydrogen) atoms. The highest BCUT2D eigenvalue weighted by Gasteiger charge is 2.16. The van der Waals surface area contributed by atoms with E-state index in [1.807, 2.05) is 0 Å². The largest absolute Gasteiger partial charge is 0.263 e. The van der Waals surface area contributed by atoms with Crippen LogP contribution in [0.4, 0.5) is 4.39 Å². The highest BCUT2D eigenvalue weighted by molar-refractivity contribution is 9.10. The van der Waals surface area contributed by atoms with Crippen LogP contribution in [0, 0.1) is 5.82 Å². The fraction of sp³-hybridized carbons (Fsp3) is 0.154. The Morgan fingerprint density at radius 1 is 1.33 bits per heavy atom. The molecular weight excluding hydrogens is 340 g/mol. The van der Waals surface area contributed by atoms with Gasteiger partial charge in [0.2, 0.25) is 0 Å². The molecule has 1 aromatic heterocycles. The SMILES string of the molecule is Fc1c(Br)cccc1C(Cl)Cc1ccncc1Cl. The number of aromatic nitrogens is 1. The Balaban J connectivity index is 2.25. The van der Waals surface area contributed by atoms with E-state index in [2.05, 4.69) is 20.9 Å². The first kappa shape index (κ1) is 13.8. The Labute approximate surface area is 123 Å². The minimum absolute atomic E-state index is 0.331. The number of halogens is 4. The zero-order chi connectivity index (χ0) is 13.1. The third kappa shape index (κ3) is 3.02. The van der Waals surface area contributed by atoms with E-state index < -0.39 is 5.38 Å². The average Bonchev–Trinajstić information content (AvgIpc) is 2.35. The highest BCUT2D eigenvalue weighted by Crippen LogP contribution is 2.31. The van der Waals surface area contributed by atoms with Crippen LogP contribution < -0.4 is 0 Å². The van der Waals surface area contributed by atoms with Crippen LogP contribution in [0.5, 0.6) is 0 Å². The van der Waals surface area contributed by atoms with Crippen LogP contribution in [0.15, 0.2) is 41.1 Å². The molecule has 1 unspecified atom stereocenters. The van der Waals surface area contributed by atoms with Crippen molar-refractivity contribution in [2.75, 3.05) is 0 Å². The Morgan fingerprint density at radius 2 is 2.11 bits per heavy atom. The molecule has 0 bridgehead atoms. The van der Waals surface area contributed by atoms with Crippen LogP contribution in [0.3, 0.4) is 0 Å². The molecule has 2 rings (SSSR count). The van der Waals surface area contributed by atoms with E-state index in [1.165, 1.54) is 0 Å². The van der Waals surface area contributed by atoms with Crippen LogP contribution in [0.1, 0.15) is 16.5 Å². The minimum atomic E-state index is -0.470. The first-order chi connectivity index (χ1) is 8.59. The van der Waals surface area contributed by atoms with Crippen molar-refractivity contribution in [3.05, 3.63) is 63.1 Å². The molecule has 0 spiro atoms.